The molecule has 0 aliphatic carbocycles. The molecule has 15 heavy (non-hydrogen) atoms. The van der Waals surface area contributed by atoms with Gasteiger partial charge in [0.05, 0.1) is 17.4 Å². The Morgan fingerprint density at radius 3 is 2.73 bits per heavy atom. The topological polar surface area (TPSA) is 34.9 Å². The molecule has 0 fully saturated rings. The predicted octanol–water partition coefficient (Wildman–Crippen LogP) is 2.65. The van der Waals surface area contributed by atoms with Gasteiger partial charge < -0.3 is 0 Å². The summed E-state index contributed by atoms with van der Waals surface area (Å²) in [5, 5.41) is 4.42. The lowest BCUT2D eigenvalue weighted by Gasteiger charge is -2.06. The molecule has 0 aliphatic rings. The lowest BCUT2D eigenvalue weighted by atomic mass is 10.2. The molecule has 0 amide bonds. The Labute approximate surface area is 92.3 Å². The number of benzene rings is 1. The molecule has 3 nitrogen and oxygen atoms in total. The summed E-state index contributed by atoms with van der Waals surface area (Å²) in [6.07, 6.45) is 2.16. The van der Waals surface area contributed by atoms with E-state index in [-0.39, 0.29) is 0 Å². The molecule has 0 N–H and O–H groups in total. The largest absolute Gasteiger partial charge is 0.298 e. The third kappa shape index (κ3) is 1.66. The number of para-hydroxylation sites is 1. The van der Waals surface area contributed by atoms with Crippen molar-refractivity contribution in [3.05, 3.63) is 46.7 Å². The minimum absolute atomic E-state index is 0.347. The lowest BCUT2D eigenvalue weighted by molar-refractivity contribution is 0.112. The Morgan fingerprint density at radius 1 is 1.40 bits per heavy atom. The van der Waals surface area contributed by atoms with Gasteiger partial charge in [0.15, 0.2) is 6.29 Å². The molecule has 0 saturated heterocycles. The van der Waals surface area contributed by atoms with Gasteiger partial charge in [0, 0.05) is 0 Å². The van der Waals surface area contributed by atoms with Crippen LogP contribution in [0.2, 0.25) is 5.15 Å². The second-order valence-electron chi connectivity index (χ2n) is 3.21. The van der Waals surface area contributed by atoms with Gasteiger partial charge in [-0.25, -0.2) is 4.68 Å². The smallest absolute Gasteiger partial charge is 0.154 e. The molecule has 1 aromatic carbocycles. The zero-order valence-electron chi connectivity index (χ0n) is 8.14. The molecule has 0 bridgehead atoms. The van der Waals surface area contributed by atoms with E-state index in [0.29, 0.717) is 17.0 Å². The fraction of sp³-hybridized carbons (Fsp3) is 0.0909. The SMILES string of the molecule is Cc1ccccc1-n1ncc(C=O)c1Cl. The van der Waals surface area contributed by atoms with Crippen LogP contribution in [0.3, 0.4) is 0 Å². The van der Waals surface area contributed by atoms with Crippen LogP contribution in [-0.2, 0) is 0 Å². The number of hydrogen-bond acceptors (Lipinski definition) is 2. The van der Waals surface area contributed by atoms with Crippen molar-refractivity contribution in [3.8, 4) is 5.69 Å². The molecular formula is C11H9ClN2O. The average Bonchev–Trinajstić information content (AvgIpc) is 2.60. The van der Waals surface area contributed by atoms with E-state index >= 15 is 0 Å². The number of hydrogen-bond donors (Lipinski definition) is 0. The van der Waals surface area contributed by atoms with Crippen LogP contribution in [0.25, 0.3) is 5.69 Å². The van der Waals surface area contributed by atoms with Gasteiger partial charge in [-0.1, -0.05) is 29.8 Å². The Bertz CT molecular complexity index is 505. The predicted molar refractivity (Wildman–Crippen MR) is 58.7 cm³/mol. The summed E-state index contributed by atoms with van der Waals surface area (Å²) in [7, 11) is 0. The van der Waals surface area contributed by atoms with Gasteiger partial charge in [-0.3, -0.25) is 4.79 Å². The Morgan fingerprint density at radius 2 is 2.13 bits per heavy atom. The molecular weight excluding hydrogens is 212 g/mol. The maximum Gasteiger partial charge on any atom is 0.154 e. The van der Waals surface area contributed by atoms with Crippen LogP contribution in [0.5, 0.6) is 0 Å². The quantitative estimate of drug-likeness (QED) is 0.730. The third-order valence-electron chi connectivity index (χ3n) is 2.21. The van der Waals surface area contributed by atoms with Crippen molar-refractivity contribution in [1.29, 1.82) is 0 Å². The number of carbonyl (C=O) groups is 1. The molecule has 0 spiro atoms. The number of aryl methyl sites for hydroxylation is 1. The van der Waals surface area contributed by atoms with Crippen molar-refractivity contribution in [3.63, 3.8) is 0 Å². The van der Waals surface area contributed by atoms with Crippen LogP contribution in [0.15, 0.2) is 30.5 Å². The first-order chi connectivity index (χ1) is 7.24. The normalized spacial score (nSPS) is 10.3. The van der Waals surface area contributed by atoms with Crippen molar-refractivity contribution in [2.24, 2.45) is 0 Å². The van der Waals surface area contributed by atoms with Gasteiger partial charge in [0.25, 0.3) is 0 Å². The van der Waals surface area contributed by atoms with Crippen molar-refractivity contribution in [1.82, 2.24) is 9.78 Å². The van der Waals surface area contributed by atoms with Crippen LogP contribution >= 0.6 is 11.6 Å². The van der Waals surface area contributed by atoms with Crippen molar-refractivity contribution < 1.29 is 4.79 Å². The molecule has 0 atom stereocenters. The highest BCUT2D eigenvalue weighted by molar-refractivity contribution is 6.32. The molecule has 4 heteroatoms. The Hall–Kier alpha value is -1.61. The fourth-order valence-electron chi connectivity index (χ4n) is 1.39. The standard InChI is InChI=1S/C11H9ClN2O/c1-8-4-2-3-5-10(8)14-11(12)9(7-15)6-13-14/h2-7H,1H3. The zero-order valence-corrected chi connectivity index (χ0v) is 8.90. The van der Waals surface area contributed by atoms with Gasteiger partial charge in [-0.2, -0.15) is 5.10 Å². The highest BCUT2D eigenvalue weighted by atomic mass is 35.5. The van der Waals surface area contributed by atoms with Crippen LogP contribution in [0, 0.1) is 6.92 Å². The number of halogens is 1. The van der Waals surface area contributed by atoms with Gasteiger partial charge in [-0.15, -0.1) is 0 Å². The maximum absolute atomic E-state index is 10.6. The minimum atomic E-state index is 0.347. The maximum atomic E-state index is 10.6. The van der Waals surface area contributed by atoms with Crippen LogP contribution in [-0.4, -0.2) is 16.1 Å². The number of nitrogens with zero attached hydrogens (tertiary/aromatic N) is 2. The molecule has 0 aliphatic heterocycles. The van der Waals surface area contributed by atoms with Crippen molar-refractivity contribution >= 4 is 17.9 Å². The van der Waals surface area contributed by atoms with E-state index in [4.69, 9.17) is 11.6 Å². The summed E-state index contributed by atoms with van der Waals surface area (Å²) in [4.78, 5) is 10.6. The van der Waals surface area contributed by atoms with Crippen LogP contribution in [0.1, 0.15) is 15.9 Å². The highest BCUT2D eigenvalue weighted by Gasteiger charge is 2.10. The molecule has 0 radical (unpaired) electrons. The van der Waals surface area contributed by atoms with E-state index in [9.17, 15) is 4.79 Å². The monoisotopic (exact) mass is 220 g/mol. The van der Waals surface area contributed by atoms with E-state index in [2.05, 4.69) is 5.10 Å². The number of rotatable bonds is 2. The van der Waals surface area contributed by atoms with Crippen LogP contribution < -0.4 is 0 Å². The molecule has 2 rings (SSSR count). The second-order valence-corrected chi connectivity index (χ2v) is 3.56. The van der Waals surface area contributed by atoms with Gasteiger partial charge in [0.2, 0.25) is 0 Å². The van der Waals surface area contributed by atoms with E-state index in [0.717, 1.165) is 11.3 Å². The lowest BCUT2D eigenvalue weighted by Crippen LogP contribution is -1.98. The highest BCUT2D eigenvalue weighted by Crippen LogP contribution is 2.20. The van der Waals surface area contributed by atoms with E-state index in [1.807, 2.05) is 31.2 Å². The molecule has 76 valence electrons. The zero-order chi connectivity index (χ0) is 10.8. The third-order valence-corrected chi connectivity index (χ3v) is 2.59. The summed E-state index contributed by atoms with van der Waals surface area (Å²) in [6, 6.07) is 7.72. The summed E-state index contributed by atoms with van der Waals surface area (Å²) >= 11 is 6.00. The number of aromatic nitrogens is 2. The van der Waals surface area contributed by atoms with Crippen LogP contribution in [0.4, 0.5) is 0 Å². The fourth-order valence-corrected chi connectivity index (χ4v) is 1.62. The van der Waals surface area contributed by atoms with Crippen molar-refractivity contribution in [2.45, 2.75) is 6.92 Å². The average molecular weight is 221 g/mol. The van der Waals surface area contributed by atoms with E-state index in [1.165, 1.54) is 6.20 Å². The molecule has 1 heterocycles. The first-order valence-electron chi connectivity index (χ1n) is 4.48. The Balaban J connectivity index is 2.59. The first-order valence-corrected chi connectivity index (χ1v) is 4.86. The number of aldehydes is 1. The Kier molecular flexibility index (Phi) is 2.56. The minimum Gasteiger partial charge on any atom is -0.298 e. The summed E-state index contributed by atoms with van der Waals surface area (Å²) < 4.78 is 1.56. The van der Waals surface area contributed by atoms with Gasteiger partial charge >= 0.3 is 0 Å². The molecule has 0 unspecified atom stereocenters. The summed E-state index contributed by atoms with van der Waals surface area (Å²) in [5.41, 5.74) is 2.34. The summed E-state index contributed by atoms with van der Waals surface area (Å²) in [5.74, 6) is 0. The van der Waals surface area contributed by atoms with E-state index < -0.39 is 0 Å². The van der Waals surface area contributed by atoms with Gasteiger partial charge in [0.1, 0.15) is 5.15 Å². The van der Waals surface area contributed by atoms with Gasteiger partial charge in [-0.05, 0) is 18.6 Å². The molecule has 1 aromatic heterocycles. The van der Waals surface area contributed by atoms with Crippen molar-refractivity contribution in [2.75, 3.05) is 0 Å². The second kappa shape index (κ2) is 3.87. The number of carbonyl (C=O) groups excluding carboxylic acids is 1. The first kappa shape index (κ1) is 9.93. The van der Waals surface area contributed by atoms with E-state index in [1.54, 1.807) is 4.68 Å². The molecule has 0 saturated carbocycles. The summed E-state index contributed by atoms with van der Waals surface area (Å²) in [6.45, 7) is 1.97. The molecule has 2 aromatic rings.